The van der Waals surface area contributed by atoms with Gasteiger partial charge in [-0.3, -0.25) is 4.98 Å². The van der Waals surface area contributed by atoms with Gasteiger partial charge in [0.1, 0.15) is 17.0 Å². The van der Waals surface area contributed by atoms with E-state index in [9.17, 15) is 8.78 Å². The first-order valence-electron chi connectivity index (χ1n) is 8.68. The summed E-state index contributed by atoms with van der Waals surface area (Å²) < 4.78 is 34.2. The topological polar surface area (TPSA) is 82.0 Å². The number of hydrogen-bond donors (Lipinski definition) is 0. The van der Waals surface area contributed by atoms with Crippen LogP contribution in [0.1, 0.15) is 12.1 Å². The monoisotopic (exact) mass is 390 g/mol. The number of fused-ring (bicyclic) bond motifs is 1. The molecule has 0 aliphatic heterocycles. The van der Waals surface area contributed by atoms with Crippen LogP contribution in [0.15, 0.2) is 71.4 Å². The molecule has 0 saturated carbocycles. The van der Waals surface area contributed by atoms with Crippen molar-refractivity contribution in [3.63, 3.8) is 0 Å². The molecular formula is C20H12F2N6O. The molecule has 5 aromatic rings. The van der Waals surface area contributed by atoms with Gasteiger partial charge in [0.25, 0.3) is 18.2 Å². The summed E-state index contributed by atoms with van der Waals surface area (Å²) in [5.74, 6) is 0.340. The van der Waals surface area contributed by atoms with E-state index < -0.39 is 6.43 Å². The molecule has 0 radical (unpaired) electrons. The summed E-state index contributed by atoms with van der Waals surface area (Å²) in [5, 5.41) is 12.1. The first-order chi connectivity index (χ1) is 14.2. The fourth-order valence-corrected chi connectivity index (χ4v) is 2.97. The largest absolute Gasteiger partial charge is 0.414 e. The van der Waals surface area contributed by atoms with E-state index in [1.165, 1.54) is 12.3 Å². The Hall–Kier alpha value is -4.01. The molecule has 0 bridgehead atoms. The van der Waals surface area contributed by atoms with E-state index in [4.69, 9.17) is 4.42 Å². The lowest BCUT2D eigenvalue weighted by Gasteiger charge is -2.08. The number of alkyl halides is 2. The summed E-state index contributed by atoms with van der Waals surface area (Å²) in [7, 11) is 0. The van der Waals surface area contributed by atoms with Crippen molar-refractivity contribution in [1.82, 2.24) is 29.8 Å². The van der Waals surface area contributed by atoms with Gasteiger partial charge in [-0.25, -0.2) is 18.3 Å². The summed E-state index contributed by atoms with van der Waals surface area (Å²) in [5.41, 5.74) is 1.92. The molecule has 7 nitrogen and oxygen atoms in total. The number of pyridine rings is 1. The van der Waals surface area contributed by atoms with Gasteiger partial charge in [0, 0.05) is 11.8 Å². The molecule has 9 heteroatoms. The molecule has 5 rings (SSSR count). The van der Waals surface area contributed by atoms with Crippen molar-refractivity contribution in [2.75, 3.05) is 0 Å². The van der Waals surface area contributed by atoms with Crippen molar-refractivity contribution >= 4 is 5.65 Å². The second-order valence-corrected chi connectivity index (χ2v) is 6.15. The number of benzene rings is 1. The maximum absolute atomic E-state index is 13.7. The zero-order valence-electron chi connectivity index (χ0n) is 14.8. The molecule has 0 fully saturated rings. The van der Waals surface area contributed by atoms with Gasteiger partial charge in [0.2, 0.25) is 0 Å². The smallest absolute Gasteiger partial charge is 0.280 e. The van der Waals surface area contributed by atoms with Crippen LogP contribution in [0.2, 0.25) is 0 Å². The van der Waals surface area contributed by atoms with Crippen molar-refractivity contribution in [3.8, 4) is 34.3 Å². The van der Waals surface area contributed by atoms with Crippen LogP contribution < -0.4 is 0 Å². The number of halogens is 2. The second kappa shape index (κ2) is 6.86. The van der Waals surface area contributed by atoms with Gasteiger partial charge in [0.05, 0.1) is 11.9 Å². The summed E-state index contributed by atoms with van der Waals surface area (Å²) in [6.45, 7) is 0. The van der Waals surface area contributed by atoms with E-state index in [1.807, 2.05) is 18.2 Å². The van der Waals surface area contributed by atoms with Crippen LogP contribution in [0.4, 0.5) is 8.78 Å². The van der Waals surface area contributed by atoms with Gasteiger partial charge >= 0.3 is 0 Å². The lowest BCUT2D eigenvalue weighted by molar-refractivity contribution is 0.143. The molecular weight excluding hydrogens is 378 g/mol. The fourth-order valence-electron chi connectivity index (χ4n) is 2.97. The molecule has 0 aliphatic carbocycles. The minimum Gasteiger partial charge on any atom is -0.414 e. The molecule has 142 valence electrons. The average molecular weight is 390 g/mol. The molecule has 1 aromatic carbocycles. The molecule has 29 heavy (non-hydrogen) atoms. The van der Waals surface area contributed by atoms with Crippen molar-refractivity contribution in [1.29, 1.82) is 0 Å². The normalized spacial score (nSPS) is 11.4. The molecule has 0 unspecified atom stereocenters. The molecule has 0 saturated heterocycles. The van der Waals surface area contributed by atoms with Gasteiger partial charge in [-0.1, -0.05) is 36.4 Å². The van der Waals surface area contributed by atoms with Crippen molar-refractivity contribution in [2.24, 2.45) is 0 Å². The van der Waals surface area contributed by atoms with E-state index in [1.54, 1.807) is 36.5 Å². The minimum absolute atomic E-state index is 0.124. The Balaban J connectivity index is 1.68. The van der Waals surface area contributed by atoms with Gasteiger partial charge < -0.3 is 4.42 Å². The van der Waals surface area contributed by atoms with Crippen LogP contribution in [0.25, 0.3) is 39.9 Å². The van der Waals surface area contributed by atoms with Crippen molar-refractivity contribution in [3.05, 3.63) is 72.7 Å². The number of hydrogen-bond acceptors (Lipinski definition) is 6. The maximum atomic E-state index is 13.7. The summed E-state index contributed by atoms with van der Waals surface area (Å²) in [4.78, 5) is 8.70. The molecule has 4 heterocycles. The highest BCUT2D eigenvalue weighted by Gasteiger charge is 2.22. The van der Waals surface area contributed by atoms with Gasteiger partial charge in [-0.05, 0) is 18.2 Å². The van der Waals surface area contributed by atoms with Crippen LogP contribution in [0.3, 0.4) is 0 Å². The zero-order valence-corrected chi connectivity index (χ0v) is 14.8. The Morgan fingerprint density at radius 3 is 2.45 bits per heavy atom. The summed E-state index contributed by atoms with van der Waals surface area (Å²) >= 11 is 0. The molecule has 0 amide bonds. The van der Waals surface area contributed by atoms with Crippen LogP contribution in [-0.2, 0) is 0 Å². The van der Waals surface area contributed by atoms with Gasteiger partial charge in [0.15, 0.2) is 5.65 Å². The maximum Gasteiger partial charge on any atom is 0.280 e. The Bertz CT molecular complexity index is 1280. The van der Waals surface area contributed by atoms with Crippen molar-refractivity contribution in [2.45, 2.75) is 6.43 Å². The third kappa shape index (κ3) is 3.02. The number of nitrogens with zero attached hydrogens (tertiary/aromatic N) is 6. The molecule has 0 spiro atoms. The molecule has 0 aliphatic rings. The predicted molar refractivity (Wildman–Crippen MR) is 99.9 cm³/mol. The van der Waals surface area contributed by atoms with E-state index in [2.05, 4.69) is 25.3 Å². The Morgan fingerprint density at radius 1 is 0.897 bits per heavy atom. The minimum atomic E-state index is -2.73. The van der Waals surface area contributed by atoms with E-state index in [0.717, 1.165) is 4.52 Å². The highest BCUT2D eigenvalue weighted by molar-refractivity contribution is 5.74. The first-order valence-corrected chi connectivity index (χ1v) is 8.68. The lowest BCUT2D eigenvalue weighted by Crippen LogP contribution is -2.02. The predicted octanol–water partition coefficient (Wildman–Crippen LogP) is 4.45. The second-order valence-electron chi connectivity index (χ2n) is 6.15. The highest BCUT2D eigenvalue weighted by atomic mass is 19.3. The third-order valence-electron chi connectivity index (χ3n) is 4.33. The highest BCUT2D eigenvalue weighted by Crippen LogP contribution is 2.31. The van der Waals surface area contributed by atoms with E-state index in [0.29, 0.717) is 22.5 Å². The summed E-state index contributed by atoms with van der Waals surface area (Å²) in [6, 6.07) is 15.7. The Labute approximate surface area is 162 Å². The van der Waals surface area contributed by atoms with Crippen LogP contribution in [-0.4, -0.2) is 29.8 Å². The summed E-state index contributed by atoms with van der Waals surface area (Å²) in [6.07, 6.45) is 0.262. The van der Waals surface area contributed by atoms with Gasteiger partial charge in [-0.2, -0.15) is 5.10 Å². The fraction of sp³-hybridized carbons (Fsp3) is 0.0500. The lowest BCUT2D eigenvalue weighted by atomic mass is 10.1. The SMILES string of the molecule is FC(F)c1cc(-c2ccccc2)nc2c(-c3nnc(-c4ccccn4)o3)cnn12. The Kier molecular flexibility index (Phi) is 4.05. The van der Waals surface area contributed by atoms with Crippen LogP contribution in [0.5, 0.6) is 0 Å². The average Bonchev–Trinajstić information content (AvgIpc) is 3.41. The van der Waals surface area contributed by atoms with Crippen LogP contribution >= 0.6 is 0 Å². The number of rotatable bonds is 4. The first kappa shape index (κ1) is 17.1. The standard InChI is InChI=1S/C20H12F2N6O/c21-17(22)16-10-15(12-6-2-1-3-7-12)25-18-13(11-24-28(16)18)19-26-27-20(29-19)14-8-4-5-9-23-14/h1-11,17H. The number of aromatic nitrogens is 6. The van der Waals surface area contributed by atoms with Gasteiger partial charge in [-0.15, -0.1) is 10.2 Å². The molecule has 4 aromatic heterocycles. The van der Waals surface area contributed by atoms with E-state index in [-0.39, 0.29) is 23.1 Å². The molecule has 0 atom stereocenters. The quantitative estimate of drug-likeness (QED) is 0.451. The van der Waals surface area contributed by atoms with E-state index >= 15 is 0 Å². The third-order valence-corrected chi connectivity index (χ3v) is 4.33. The Morgan fingerprint density at radius 2 is 1.69 bits per heavy atom. The molecule has 0 N–H and O–H groups in total. The van der Waals surface area contributed by atoms with Crippen LogP contribution in [0, 0.1) is 0 Å². The zero-order chi connectivity index (χ0) is 19.8. The van der Waals surface area contributed by atoms with Crippen molar-refractivity contribution < 1.29 is 13.2 Å².